The molecule has 12 heavy (non-hydrogen) atoms. The summed E-state index contributed by atoms with van der Waals surface area (Å²) in [7, 11) is 0. The van der Waals surface area contributed by atoms with Crippen molar-refractivity contribution in [2.75, 3.05) is 6.61 Å². The Morgan fingerprint density at radius 2 is 2.17 bits per heavy atom. The largest absolute Gasteiger partial charge is 0.466 e. The molecule has 0 aromatic carbocycles. The van der Waals surface area contributed by atoms with Gasteiger partial charge in [-0.25, -0.2) is 0 Å². The highest BCUT2D eigenvalue weighted by molar-refractivity contribution is 5.70. The van der Waals surface area contributed by atoms with Gasteiger partial charge in [0.15, 0.2) is 0 Å². The summed E-state index contributed by atoms with van der Waals surface area (Å²) in [5.41, 5.74) is -0.563. The van der Waals surface area contributed by atoms with Crippen molar-refractivity contribution in [1.82, 2.24) is 0 Å². The summed E-state index contributed by atoms with van der Waals surface area (Å²) in [5, 5.41) is 8.74. The fourth-order valence-electron chi connectivity index (χ4n) is 0.774. The number of rotatable bonds is 4. The van der Waals surface area contributed by atoms with Crippen molar-refractivity contribution in [3.63, 3.8) is 0 Å². The number of esters is 1. The highest BCUT2D eigenvalue weighted by Crippen LogP contribution is 2.24. The van der Waals surface area contributed by atoms with Gasteiger partial charge in [-0.05, 0) is 20.3 Å². The first-order chi connectivity index (χ1) is 5.58. The summed E-state index contributed by atoms with van der Waals surface area (Å²) in [4.78, 5) is 11.0. The van der Waals surface area contributed by atoms with Gasteiger partial charge in [0.2, 0.25) is 0 Å². The predicted octanol–water partition coefficient (Wildman–Crippen LogP) is 1.88. The molecular formula is C9H15NO2. The van der Waals surface area contributed by atoms with Crippen LogP contribution >= 0.6 is 0 Å². The second-order valence-electron chi connectivity index (χ2n) is 3.01. The second kappa shape index (κ2) is 4.76. The van der Waals surface area contributed by atoms with E-state index >= 15 is 0 Å². The highest BCUT2D eigenvalue weighted by atomic mass is 16.5. The molecule has 0 amide bonds. The molecule has 0 aromatic heterocycles. The van der Waals surface area contributed by atoms with E-state index in [0.29, 0.717) is 13.0 Å². The Hall–Kier alpha value is -1.04. The minimum Gasteiger partial charge on any atom is -0.466 e. The minimum absolute atomic E-state index is 0.188. The molecule has 1 unspecified atom stereocenters. The maximum absolute atomic E-state index is 11.0. The summed E-state index contributed by atoms with van der Waals surface area (Å²) in [5.74, 6) is -0.289. The zero-order valence-corrected chi connectivity index (χ0v) is 7.89. The van der Waals surface area contributed by atoms with Crippen LogP contribution in [0.5, 0.6) is 0 Å². The lowest BCUT2D eigenvalue weighted by molar-refractivity contribution is -0.144. The molecular weight excluding hydrogens is 154 g/mol. The zero-order chi connectivity index (χ0) is 9.61. The molecule has 0 spiro atoms. The molecule has 0 aliphatic rings. The molecule has 0 aliphatic carbocycles. The fourth-order valence-corrected chi connectivity index (χ4v) is 0.774. The number of hydrogen-bond donors (Lipinski definition) is 0. The predicted molar refractivity (Wildman–Crippen MR) is 45.3 cm³/mol. The Bertz CT molecular complexity index is 195. The van der Waals surface area contributed by atoms with Gasteiger partial charge in [-0.3, -0.25) is 4.79 Å². The van der Waals surface area contributed by atoms with Crippen molar-refractivity contribution < 1.29 is 9.53 Å². The zero-order valence-electron chi connectivity index (χ0n) is 7.89. The molecule has 3 heteroatoms. The number of nitriles is 1. The Kier molecular flexibility index (Phi) is 4.35. The average Bonchev–Trinajstić information content (AvgIpc) is 2.05. The number of carbonyl (C=O) groups is 1. The third-order valence-corrected chi connectivity index (χ3v) is 1.89. The summed E-state index contributed by atoms with van der Waals surface area (Å²) in [6.45, 7) is 5.80. The van der Waals surface area contributed by atoms with E-state index in [9.17, 15) is 4.79 Å². The van der Waals surface area contributed by atoms with Crippen molar-refractivity contribution in [2.24, 2.45) is 5.41 Å². The van der Waals surface area contributed by atoms with Crippen LogP contribution in [0, 0.1) is 16.7 Å². The van der Waals surface area contributed by atoms with Gasteiger partial charge < -0.3 is 4.74 Å². The van der Waals surface area contributed by atoms with Crippen molar-refractivity contribution in [1.29, 1.82) is 5.26 Å². The van der Waals surface area contributed by atoms with Gasteiger partial charge in [-0.15, -0.1) is 0 Å². The van der Waals surface area contributed by atoms with E-state index in [0.717, 1.165) is 0 Å². The maximum Gasteiger partial charge on any atom is 0.307 e. The lowest BCUT2D eigenvalue weighted by Crippen LogP contribution is -2.19. The molecule has 0 radical (unpaired) electrons. The van der Waals surface area contributed by atoms with E-state index in [2.05, 4.69) is 6.07 Å². The second-order valence-corrected chi connectivity index (χ2v) is 3.01. The summed E-state index contributed by atoms with van der Waals surface area (Å²) >= 11 is 0. The Balaban J connectivity index is 4.05. The number of ether oxygens (including phenoxy) is 1. The van der Waals surface area contributed by atoms with Crippen molar-refractivity contribution >= 4 is 5.97 Å². The van der Waals surface area contributed by atoms with Gasteiger partial charge in [0.05, 0.1) is 24.5 Å². The first-order valence-corrected chi connectivity index (χ1v) is 4.15. The van der Waals surface area contributed by atoms with Gasteiger partial charge in [0, 0.05) is 0 Å². The first-order valence-electron chi connectivity index (χ1n) is 4.15. The lowest BCUT2D eigenvalue weighted by atomic mass is 9.86. The van der Waals surface area contributed by atoms with Crippen LogP contribution in [0.15, 0.2) is 0 Å². The average molecular weight is 169 g/mol. The van der Waals surface area contributed by atoms with Crippen LogP contribution in [0.25, 0.3) is 0 Å². The van der Waals surface area contributed by atoms with Crippen LogP contribution in [0.1, 0.15) is 33.6 Å². The molecule has 1 atom stereocenters. The monoisotopic (exact) mass is 169 g/mol. The standard InChI is InChI=1S/C9H15NO2/c1-4-9(3,7-10)6-8(11)12-5-2/h4-6H2,1-3H3. The number of carbonyl (C=O) groups excluding carboxylic acids is 1. The normalized spacial score (nSPS) is 14.5. The van der Waals surface area contributed by atoms with Crippen LogP contribution in [-0.4, -0.2) is 12.6 Å². The summed E-state index contributed by atoms with van der Waals surface area (Å²) < 4.78 is 4.75. The third-order valence-electron chi connectivity index (χ3n) is 1.89. The summed E-state index contributed by atoms with van der Waals surface area (Å²) in [6, 6.07) is 2.12. The van der Waals surface area contributed by atoms with Crippen LogP contribution in [0.4, 0.5) is 0 Å². The fraction of sp³-hybridized carbons (Fsp3) is 0.778. The van der Waals surface area contributed by atoms with E-state index in [1.54, 1.807) is 13.8 Å². The maximum atomic E-state index is 11.0. The number of hydrogen-bond acceptors (Lipinski definition) is 3. The van der Waals surface area contributed by atoms with E-state index in [-0.39, 0.29) is 12.4 Å². The first kappa shape index (κ1) is 11.0. The van der Waals surface area contributed by atoms with Crippen LogP contribution in [-0.2, 0) is 9.53 Å². The molecule has 68 valence electrons. The van der Waals surface area contributed by atoms with Crippen molar-refractivity contribution in [3.8, 4) is 6.07 Å². The number of nitrogens with zero attached hydrogens (tertiary/aromatic N) is 1. The molecule has 0 heterocycles. The van der Waals surface area contributed by atoms with Crippen molar-refractivity contribution in [2.45, 2.75) is 33.6 Å². The molecule has 0 rings (SSSR count). The molecule has 0 N–H and O–H groups in total. The van der Waals surface area contributed by atoms with Crippen LogP contribution in [0.2, 0.25) is 0 Å². The van der Waals surface area contributed by atoms with Gasteiger partial charge in [0.25, 0.3) is 0 Å². The van der Waals surface area contributed by atoms with Crippen LogP contribution in [0.3, 0.4) is 0 Å². The van der Waals surface area contributed by atoms with Gasteiger partial charge >= 0.3 is 5.97 Å². The minimum atomic E-state index is -0.563. The lowest BCUT2D eigenvalue weighted by Gasteiger charge is -2.17. The van der Waals surface area contributed by atoms with E-state index in [1.165, 1.54) is 0 Å². The molecule has 0 saturated heterocycles. The topological polar surface area (TPSA) is 50.1 Å². The molecule has 0 aromatic rings. The molecule has 0 fully saturated rings. The van der Waals surface area contributed by atoms with Crippen molar-refractivity contribution in [3.05, 3.63) is 0 Å². The molecule has 3 nitrogen and oxygen atoms in total. The Labute approximate surface area is 73.3 Å². The highest BCUT2D eigenvalue weighted by Gasteiger charge is 2.25. The van der Waals surface area contributed by atoms with Gasteiger partial charge in [-0.2, -0.15) is 5.26 Å². The Morgan fingerprint density at radius 1 is 1.58 bits per heavy atom. The molecule has 0 bridgehead atoms. The third kappa shape index (κ3) is 3.38. The molecule has 0 aliphatic heterocycles. The van der Waals surface area contributed by atoms with E-state index < -0.39 is 5.41 Å². The van der Waals surface area contributed by atoms with Gasteiger partial charge in [-0.1, -0.05) is 6.92 Å². The van der Waals surface area contributed by atoms with E-state index in [1.807, 2.05) is 6.92 Å². The van der Waals surface area contributed by atoms with Gasteiger partial charge in [0.1, 0.15) is 0 Å². The SMILES string of the molecule is CCOC(=O)CC(C)(C#N)CC. The smallest absolute Gasteiger partial charge is 0.307 e. The Morgan fingerprint density at radius 3 is 2.50 bits per heavy atom. The summed E-state index contributed by atoms with van der Waals surface area (Å²) in [6.07, 6.45) is 0.857. The van der Waals surface area contributed by atoms with Crippen LogP contribution < -0.4 is 0 Å². The quantitative estimate of drug-likeness (QED) is 0.604. The van der Waals surface area contributed by atoms with E-state index in [4.69, 9.17) is 10.00 Å². The molecule has 0 saturated carbocycles.